The first-order chi connectivity index (χ1) is 8.58. The van der Waals surface area contributed by atoms with Crippen LogP contribution in [0.1, 0.15) is 26.5 Å². The number of nitrogens with zero attached hydrogens (tertiary/aromatic N) is 1. The van der Waals surface area contributed by atoms with Crippen molar-refractivity contribution in [1.29, 1.82) is 0 Å². The SMILES string of the molecule is Cc1cc(C(=O)NCc2scnc2C)ccc1O. The van der Waals surface area contributed by atoms with Gasteiger partial charge in [-0.25, -0.2) is 4.98 Å². The molecule has 94 valence electrons. The first-order valence-corrected chi connectivity index (χ1v) is 6.42. The average molecular weight is 262 g/mol. The van der Waals surface area contributed by atoms with Crippen LogP contribution in [0.2, 0.25) is 0 Å². The maximum Gasteiger partial charge on any atom is 0.251 e. The van der Waals surface area contributed by atoms with Crippen LogP contribution in [0.5, 0.6) is 5.75 Å². The predicted molar refractivity (Wildman–Crippen MR) is 70.9 cm³/mol. The number of rotatable bonds is 3. The van der Waals surface area contributed by atoms with Crippen LogP contribution in [0.3, 0.4) is 0 Å². The minimum absolute atomic E-state index is 0.147. The second-order valence-corrected chi connectivity index (χ2v) is 4.98. The Kier molecular flexibility index (Phi) is 3.62. The van der Waals surface area contributed by atoms with Gasteiger partial charge in [0.2, 0.25) is 0 Å². The highest BCUT2D eigenvalue weighted by Crippen LogP contribution is 2.17. The van der Waals surface area contributed by atoms with Gasteiger partial charge >= 0.3 is 0 Å². The van der Waals surface area contributed by atoms with Crippen LogP contribution in [0.15, 0.2) is 23.7 Å². The molecular weight excluding hydrogens is 248 g/mol. The zero-order valence-electron chi connectivity index (χ0n) is 10.2. The molecule has 1 aromatic heterocycles. The molecule has 0 radical (unpaired) electrons. The molecule has 18 heavy (non-hydrogen) atoms. The Morgan fingerprint density at radius 2 is 2.22 bits per heavy atom. The maximum absolute atomic E-state index is 11.9. The van der Waals surface area contributed by atoms with Gasteiger partial charge in [0.1, 0.15) is 5.75 Å². The molecule has 0 saturated heterocycles. The topological polar surface area (TPSA) is 62.2 Å². The Bertz CT molecular complexity index is 578. The summed E-state index contributed by atoms with van der Waals surface area (Å²) in [7, 11) is 0. The Labute approximate surface area is 109 Å². The molecular formula is C13H14N2O2S. The first-order valence-electron chi connectivity index (χ1n) is 5.54. The lowest BCUT2D eigenvalue weighted by Crippen LogP contribution is -2.22. The van der Waals surface area contributed by atoms with Crippen molar-refractivity contribution < 1.29 is 9.90 Å². The van der Waals surface area contributed by atoms with Crippen LogP contribution < -0.4 is 5.32 Å². The minimum Gasteiger partial charge on any atom is -0.508 e. The second kappa shape index (κ2) is 5.18. The van der Waals surface area contributed by atoms with Crippen molar-refractivity contribution >= 4 is 17.2 Å². The van der Waals surface area contributed by atoms with Crippen molar-refractivity contribution in [3.05, 3.63) is 45.4 Å². The van der Waals surface area contributed by atoms with E-state index in [1.807, 2.05) is 6.92 Å². The van der Waals surface area contributed by atoms with Gasteiger partial charge in [-0.3, -0.25) is 4.79 Å². The number of phenols is 1. The lowest BCUT2D eigenvalue weighted by molar-refractivity contribution is 0.0951. The van der Waals surface area contributed by atoms with Crippen LogP contribution in [-0.2, 0) is 6.54 Å². The summed E-state index contributed by atoms with van der Waals surface area (Å²) in [6.45, 7) is 4.16. The summed E-state index contributed by atoms with van der Waals surface area (Å²) in [6.07, 6.45) is 0. The Balaban J connectivity index is 2.04. The number of hydrogen-bond donors (Lipinski definition) is 2. The van der Waals surface area contributed by atoms with Crippen LogP contribution in [-0.4, -0.2) is 16.0 Å². The van der Waals surface area contributed by atoms with Crippen LogP contribution >= 0.6 is 11.3 Å². The number of carbonyl (C=O) groups excluding carboxylic acids is 1. The Hall–Kier alpha value is -1.88. The van der Waals surface area contributed by atoms with Gasteiger partial charge in [0, 0.05) is 10.4 Å². The lowest BCUT2D eigenvalue weighted by Gasteiger charge is -2.06. The molecule has 0 aliphatic rings. The predicted octanol–water partition coefficient (Wildman–Crippen LogP) is 2.40. The van der Waals surface area contributed by atoms with Crippen molar-refractivity contribution in [2.75, 3.05) is 0 Å². The number of aromatic hydroxyl groups is 1. The van der Waals surface area contributed by atoms with Gasteiger partial charge < -0.3 is 10.4 Å². The van der Waals surface area contributed by atoms with E-state index in [0.717, 1.165) is 10.6 Å². The monoisotopic (exact) mass is 262 g/mol. The molecule has 0 atom stereocenters. The number of hydrogen-bond acceptors (Lipinski definition) is 4. The summed E-state index contributed by atoms with van der Waals surface area (Å²) >= 11 is 1.53. The number of carbonyl (C=O) groups is 1. The van der Waals surface area contributed by atoms with Crippen molar-refractivity contribution in [1.82, 2.24) is 10.3 Å². The molecule has 0 aliphatic carbocycles. The molecule has 2 N–H and O–H groups in total. The number of benzene rings is 1. The Morgan fingerprint density at radius 1 is 1.44 bits per heavy atom. The highest BCUT2D eigenvalue weighted by atomic mass is 32.1. The lowest BCUT2D eigenvalue weighted by atomic mass is 10.1. The highest BCUT2D eigenvalue weighted by Gasteiger charge is 2.08. The van der Waals surface area contributed by atoms with Gasteiger partial charge in [-0.2, -0.15) is 0 Å². The standard InChI is InChI=1S/C13H14N2O2S/c1-8-5-10(3-4-11(8)16)13(17)14-6-12-9(2)15-7-18-12/h3-5,7,16H,6H2,1-2H3,(H,14,17). The fourth-order valence-corrected chi connectivity index (χ4v) is 2.27. The van der Waals surface area contributed by atoms with Crippen LogP contribution in [0.4, 0.5) is 0 Å². The number of aryl methyl sites for hydroxylation is 2. The third-order valence-corrected chi connectivity index (χ3v) is 3.65. The van der Waals surface area contributed by atoms with Crippen molar-refractivity contribution in [2.24, 2.45) is 0 Å². The largest absolute Gasteiger partial charge is 0.508 e. The van der Waals surface area contributed by atoms with Gasteiger partial charge in [0.25, 0.3) is 5.91 Å². The number of nitrogens with one attached hydrogen (secondary N) is 1. The van der Waals surface area contributed by atoms with E-state index < -0.39 is 0 Å². The molecule has 0 saturated carbocycles. The van der Waals surface area contributed by atoms with Gasteiger partial charge in [-0.1, -0.05) is 0 Å². The molecule has 4 nitrogen and oxygen atoms in total. The summed E-state index contributed by atoms with van der Waals surface area (Å²) in [4.78, 5) is 17.1. The second-order valence-electron chi connectivity index (χ2n) is 4.04. The fourth-order valence-electron chi connectivity index (χ4n) is 1.56. The van der Waals surface area contributed by atoms with Gasteiger partial charge in [-0.05, 0) is 37.6 Å². The number of phenolic OH excluding ortho intramolecular Hbond substituents is 1. The fraction of sp³-hybridized carbons (Fsp3) is 0.231. The normalized spacial score (nSPS) is 10.3. The molecule has 0 unspecified atom stereocenters. The van der Waals surface area contributed by atoms with Gasteiger partial charge in [0.15, 0.2) is 0 Å². The van der Waals surface area contributed by atoms with Gasteiger partial charge in [-0.15, -0.1) is 11.3 Å². The van der Waals surface area contributed by atoms with E-state index in [1.165, 1.54) is 17.4 Å². The number of thiazole rings is 1. The van der Waals surface area contributed by atoms with Crippen molar-refractivity contribution in [3.63, 3.8) is 0 Å². The number of amides is 1. The number of aromatic nitrogens is 1. The third-order valence-electron chi connectivity index (χ3n) is 2.71. The van der Waals surface area contributed by atoms with Gasteiger partial charge in [0.05, 0.1) is 17.7 Å². The smallest absolute Gasteiger partial charge is 0.251 e. The van der Waals surface area contributed by atoms with E-state index in [0.29, 0.717) is 17.7 Å². The molecule has 2 aromatic rings. The molecule has 1 heterocycles. The van der Waals surface area contributed by atoms with Crippen LogP contribution in [0.25, 0.3) is 0 Å². The van der Waals surface area contributed by atoms with E-state index in [1.54, 1.807) is 24.6 Å². The molecule has 0 fully saturated rings. The molecule has 0 aliphatic heterocycles. The van der Waals surface area contributed by atoms with E-state index in [9.17, 15) is 9.90 Å². The summed E-state index contributed by atoms with van der Waals surface area (Å²) < 4.78 is 0. The first kappa shape index (κ1) is 12.6. The van der Waals surface area contributed by atoms with E-state index in [4.69, 9.17) is 0 Å². The maximum atomic E-state index is 11.9. The summed E-state index contributed by atoms with van der Waals surface area (Å²) in [6, 6.07) is 4.81. The molecule has 1 amide bonds. The summed E-state index contributed by atoms with van der Waals surface area (Å²) in [5, 5.41) is 12.2. The zero-order chi connectivity index (χ0) is 13.1. The van der Waals surface area contributed by atoms with Crippen LogP contribution in [0, 0.1) is 13.8 Å². The third kappa shape index (κ3) is 2.68. The van der Waals surface area contributed by atoms with E-state index >= 15 is 0 Å². The zero-order valence-corrected chi connectivity index (χ0v) is 11.0. The summed E-state index contributed by atoms with van der Waals surface area (Å²) in [5.41, 5.74) is 3.95. The Morgan fingerprint density at radius 3 is 2.83 bits per heavy atom. The minimum atomic E-state index is -0.147. The summed E-state index contributed by atoms with van der Waals surface area (Å²) in [5.74, 6) is 0.0516. The molecule has 1 aromatic carbocycles. The van der Waals surface area contributed by atoms with E-state index in [-0.39, 0.29) is 11.7 Å². The van der Waals surface area contributed by atoms with Crippen molar-refractivity contribution in [2.45, 2.75) is 20.4 Å². The molecule has 5 heteroatoms. The average Bonchev–Trinajstić information content (AvgIpc) is 2.75. The molecule has 2 rings (SSSR count). The van der Waals surface area contributed by atoms with Crippen molar-refractivity contribution in [3.8, 4) is 5.75 Å². The highest BCUT2D eigenvalue weighted by molar-refractivity contribution is 7.09. The quantitative estimate of drug-likeness (QED) is 0.892. The molecule has 0 spiro atoms. The van der Waals surface area contributed by atoms with E-state index in [2.05, 4.69) is 10.3 Å². The molecule has 0 bridgehead atoms.